The van der Waals surface area contributed by atoms with E-state index >= 15 is 0 Å². The average molecular weight is 365 g/mol. The van der Waals surface area contributed by atoms with Crippen LogP contribution >= 0.6 is 0 Å². The zero-order valence-corrected chi connectivity index (χ0v) is 14.5. The van der Waals surface area contributed by atoms with Gasteiger partial charge in [-0.1, -0.05) is 18.2 Å². The number of ether oxygens (including phenoxy) is 3. The van der Waals surface area contributed by atoms with Crippen molar-refractivity contribution in [3.05, 3.63) is 54.6 Å². The van der Waals surface area contributed by atoms with Gasteiger partial charge < -0.3 is 14.2 Å². The van der Waals surface area contributed by atoms with Gasteiger partial charge in [0, 0.05) is 6.54 Å². The molecule has 0 amide bonds. The molecule has 2 rings (SSSR count). The molecule has 2 aromatic carbocycles. The predicted molar refractivity (Wildman–Crippen MR) is 91.1 cm³/mol. The standard InChI is InChI=1S/C17H19NO6S/c1-22-17(19)13-24-15-7-9-16(10-8-15)25(20,21)18-11-12-23-14-5-3-2-4-6-14/h2-10,18H,11-13H2,1H3. The Kier molecular flexibility index (Phi) is 6.79. The molecule has 0 aliphatic carbocycles. The molecule has 0 aliphatic rings. The largest absolute Gasteiger partial charge is 0.492 e. The normalized spacial score (nSPS) is 10.9. The highest BCUT2D eigenvalue weighted by Crippen LogP contribution is 2.16. The van der Waals surface area contributed by atoms with Crippen LogP contribution in [0, 0.1) is 0 Å². The van der Waals surface area contributed by atoms with Gasteiger partial charge in [-0.2, -0.15) is 0 Å². The van der Waals surface area contributed by atoms with Crippen molar-refractivity contribution in [1.82, 2.24) is 4.72 Å². The number of carbonyl (C=O) groups excluding carboxylic acids is 1. The minimum atomic E-state index is -3.64. The van der Waals surface area contributed by atoms with Gasteiger partial charge in [-0.15, -0.1) is 0 Å². The summed E-state index contributed by atoms with van der Waals surface area (Å²) in [6.45, 7) is 0.110. The summed E-state index contributed by atoms with van der Waals surface area (Å²) in [6, 6.07) is 14.9. The van der Waals surface area contributed by atoms with Crippen molar-refractivity contribution in [3.8, 4) is 11.5 Å². The van der Waals surface area contributed by atoms with Crippen LogP contribution in [-0.2, 0) is 19.6 Å². The number of carbonyl (C=O) groups is 1. The van der Waals surface area contributed by atoms with Gasteiger partial charge in [0.05, 0.1) is 12.0 Å². The fraction of sp³-hybridized carbons (Fsp3) is 0.235. The molecule has 0 fully saturated rings. The highest BCUT2D eigenvalue weighted by molar-refractivity contribution is 7.89. The van der Waals surface area contributed by atoms with E-state index in [0.29, 0.717) is 11.5 Å². The maximum absolute atomic E-state index is 12.2. The number of para-hydroxylation sites is 1. The Bertz CT molecular complexity index is 775. The molecule has 0 atom stereocenters. The topological polar surface area (TPSA) is 90.9 Å². The van der Waals surface area contributed by atoms with E-state index in [2.05, 4.69) is 9.46 Å². The van der Waals surface area contributed by atoms with Crippen LogP contribution < -0.4 is 14.2 Å². The number of nitrogens with one attached hydrogen (secondary N) is 1. The Morgan fingerprint density at radius 1 is 0.960 bits per heavy atom. The van der Waals surface area contributed by atoms with E-state index in [4.69, 9.17) is 9.47 Å². The summed E-state index contributed by atoms with van der Waals surface area (Å²) in [5.74, 6) is 0.530. The summed E-state index contributed by atoms with van der Waals surface area (Å²) in [5, 5.41) is 0. The third-order valence-corrected chi connectivity index (χ3v) is 4.60. The van der Waals surface area contributed by atoms with Crippen LogP contribution in [0.1, 0.15) is 0 Å². The predicted octanol–water partition coefficient (Wildman–Crippen LogP) is 1.60. The van der Waals surface area contributed by atoms with Gasteiger partial charge in [-0.05, 0) is 36.4 Å². The molecular weight excluding hydrogens is 346 g/mol. The van der Waals surface area contributed by atoms with E-state index in [1.165, 1.54) is 31.4 Å². The Balaban J connectivity index is 1.83. The van der Waals surface area contributed by atoms with E-state index in [1.807, 2.05) is 18.2 Å². The first-order valence-corrected chi connectivity index (χ1v) is 8.97. The quantitative estimate of drug-likeness (QED) is 0.536. The second-order valence-electron chi connectivity index (χ2n) is 4.90. The molecular formula is C17H19NO6S. The molecule has 0 bridgehead atoms. The second-order valence-corrected chi connectivity index (χ2v) is 6.66. The van der Waals surface area contributed by atoms with Gasteiger partial charge >= 0.3 is 5.97 Å². The van der Waals surface area contributed by atoms with Crippen molar-refractivity contribution < 1.29 is 27.4 Å². The zero-order chi connectivity index (χ0) is 18.1. The summed E-state index contributed by atoms with van der Waals surface area (Å²) in [7, 11) is -2.39. The molecule has 2 aromatic rings. The molecule has 1 N–H and O–H groups in total. The average Bonchev–Trinajstić information content (AvgIpc) is 2.64. The van der Waals surface area contributed by atoms with Gasteiger partial charge in [-0.25, -0.2) is 17.9 Å². The van der Waals surface area contributed by atoms with Crippen molar-refractivity contribution >= 4 is 16.0 Å². The number of rotatable bonds is 9. The smallest absolute Gasteiger partial charge is 0.343 e. The first-order chi connectivity index (χ1) is 12.0. The first-order valence-electron chi connectivity index (χ1n) is 7.48. The van der Waals surface area contributed by atoms with Gasteiger partial charge in [0.25, 0.3) is 0 Å². The second kappa shape index (κ2) is 9.05. The lowest BCUT2D eigenvalue weighted by Crippen LogP contribution is -2.28. The first kappa shape index (κ1) is 18.8. The highest BCUT2D eigenvalue weighted by atomic mass is 32.2. The fourth-order valence-corrected chi connectivity index (χ4v) is 2.87. The number of hydrogen-bond acceptors (Lipinski definition) is 6. The lowest BCUT2D eigenvalue weighted by Gasteiger charge is -2.09. The lowest BCUT2D eigenvalue weighted by atomic mass is 10.3. The van der Waals surface area contributed by atoms with E-state index in [9.17, 15) is 13.2 Å². The number of sulfonamides is 1. The fourth-order valence-electron chi connectivity index (χ4n) is 1.86. The molecule has 0 unspecified atom stereocenters. The third-order valence-electron chi connectivity index (χ3n) is 3.12. The number of methoxy groups -OCH3 is 1. The lowest BCUT2D eigenvalue weighted by molar-refractivity contribution is -0.142. The van der Waals surface area contributed by atoms with Crippen LogP contribution in [0.5, 0.6) is 11.5 Å². The maximum Gasteiger partial charge on any atom is 0.343 e. The van der Waals surface area contributed by atoms with E-state index in [1.54, 1.807) is 12.1 Å². The molecule has 8 heteroatoms. The number of hydrogen-bond donors (Lipinski definition) is 1. The van der Waals surface area contributed by atoms with Crippen LogP contribution in [-0.4, -0.2) is 41.3 Å². The summed E-state index contributed by atoms with van der Waals surface area (Å²) in [5.41, 5.74) is 0. The maximum atomic E-state index is 12.2. The minimum Gasteiger partial charge on any atom is -0.492 e. The van der Waals surface area contributed by atoms with Gasteiger partial charge in [0.1, 0.15) is 18.1 Å². The molecule has 0 saturated heterocycles. The summed E-state index contributed by atoms with van der Waals surface area (Å²) < 4.78 is 41.9. The molecule has 0 heterocycles. The van der Waals surface area contributed by atoms with Gasteiger partial charge in [0.2, 0.25) is 10.0 Å². The van der Waals surface area contributed by atoms with E-state index in [-0.39, 0.29) is 24.7 Å². The Labute approximate surface area is 146 Å². The molecule has 134 valence electrons. The molecule has 0 aromatic heterocycles. The van der Waals surface area contributed by atoms with Crippen LogP contribution in [0.3, 0.4) is 0 Å². The van der Waals surface area contributed by atoms with Crippen molar-refractivity contribution in [3.63, 3.8) is 0 Å². The zero-order valence-electron chi connectivity index (χ0n) is 13.7. The third kappa shape index (κ3) is 6.09. The summed E-state index contributed by atoms with van der Waals surface area (Å²) >= 11 is 0. The van der Waals surface area contributed by atoms with Crippen LogP contribution in [0.2, 0.25) is 0 Å². The highest BCUT2D eigenvalue weighted by Gasteiger charge is 2.13. The van der Waals surface area contributed by atoms with Gasteiger partial charge in [-0.3, -0.25) is 0 Å². The molecule has 7 nitrogen and oxygen atoms in total. The van der Waals surface area contributed by atoms with Crippen LogP contribution in [0.25, 0.3) is 0 Å². The number of benzene rings is 2. The van der Waals surface area contributed by atoms with E-state index in [0.717, 1.165) is 0 Å². The minimum absolute atomic E-state index is 0.0950. The van der Waals surface area contributed by atoms with Crippen LogP contribution in [0.4, 0.5) is 0 Å². The number of esters is 1. The monoisotopic (exact) mass is 365 g/mol. The molecule has 25 heavy (non-hydrogen) atoms. The molecule has 0 spiro atoms. The summed E-state index contributed by atoms with van der Waals surface area (Å²) in [6.07, 6.45) is 0. The van der Waals surface area contributed by atoms with Gasteiger partial charge in [0.15, 0.2) is 6.61 Å². The Hall–Kier alpha value is -2.58. The Morgan fingerprint density at radius 2 is 1.60 bits per heavy atom. The SMILES string of the molecule is COC(=O)COc1ccc(S(=O)(=O)NCCOc2ccccc2)cc1. The van der Waals surface area contributed by atoms with Crippen molar-refractivity contribution in [2.75, 3.05) is 26.9 Å². The van der Waals surface area contributed by atoms with Crippen LogP contribution in [0.15, 0.2) is 59.5 Å². The molecule has 0 radical (unpaired) electrons. The summed E-state index contributed by atoms with van der Waals surface area (Å²) in [4.78, 5) is 11.1. The van der Waals surface area contributed by atoms with Crippen molar-refractivity contribution in [2.45, 2.75) is 4.90 Å². The molecule has 0 saturated carbocycles. The van der Waals surface area contributed by atoms with Crippen molar-refractivity contribution in [1.29, 1.82) is 0 Å². The van der Waals surface area contributed by atoms with E-state index < -0.39 is 16.0 Å². The molecule has 0 aliphatic heterocycles. The van der Waals surface area contributed by atoms with Crippen molar-refractivity contribution in [2.24, 2.45) is 0 Å². The Morgan fingerprint density at radius 3 is 2.24 bits per heavy atom.